The highest BCUT2D eigenvalue weighted by atomic mass is 32.1. The zero-order chi connectivity index (χ0) is 11.1. The van der Waals surface area contributed by atoms with Gasteiger partial charge < -0.3 is 5.73 Å². The highest BCUT2D eigenvalue weighted by Crippen LogP contribution is 2.43. The number of thiazole rings is 1. The van der Waals surface area contributed by atoms with Gasteiger partial charge in [0.25, 0.3) is 0 Å². The molecule has 1 atom stereocenters. The van der Waals surface area contributed by atoms with Gasteiger partial charge in [-0.2, -0.15) is 0 Å². The fourth-order valence-electron chi connectivity index (χ4n) is 1.99. The lowest BCUT2D eigenvalue weighted by Crippen LogP contribution is -2.17. The molecule has 1 fully saturated rings. The van der Waals surface area contributed by atoms with E-state index in [4.69, 9.17) is 5.73 Å². The topological polar surface area (TPSA) is 38.9 Å². The fraction of sp³-hybridized carbons (Fsp3) is 0.462. The molecule has 1 heterocycles. The lowest BCUT2D eigenvalue weighted by Gasteiger charge is -2.04. The van der Waals surface area contributed by atoms with Crippen LogP contribution in [-0.4, -0.2) is 11.0 Å². The molecule has 2 aromatic rings. The van der Waals surface area contributed by atoms with E-state index in [-0.39, 0.29) is 6.04 Å². The standard InChI is InChI=1S/C13H16N2S/c1-8(14)6-9-2-5-11-12(7-9)16-13(15-11)10-3-4-10/h2,5,7-8,10H,3-4,6,14H2,1H3. The Morgan fingerprint density at radius 2 is 2.31 bits per heavy atom. The maximum Gasteiger partial charge on any atom is 0.0969 e. The molecule has 0 saturated heterocycles. The number of hydrogen-bond donors (Lipinski definition) is 1. The van der Waals surface area contributed by atoms with Crippen molar-refractivity contribution in [2.45, 2.75) is 38.1 Å². The molecular formula is C13H16N2S. The van der Waals surface area contributed by atoms with E-state index >= 15 is 0 Å². The van der Waals surface area contributed by atoms with E-state index in [0.717, 1.165) is 17.9 Å². The summed E-state index contributed by atoms with van der Waals surface area (Å²) in [7, 11) is 0. The van der Waals surface area contributed by atoms with Crippen molar-refractivity contribution >= 4 is 21.6 Å². The monoisotopic (exact) mass is 232 g/mol. The first-order valence-corrected chi connectivity index (χ1v) is 6.69. The smallest absolute Gasteiger partial charge is 0.0969 e. The third-order valence-electron chi connectivity index (χ3n) is 2.95. The Bertz CT molecular complexity index is 512. The molecule has 0 amide bonds. The van der Waals surface area contributed by atoms with Crippen LogP contribution in [0.3, 0.4) is 0 Å². The van der Waals surface area contributed by atoms with Gasteiger partial charge in [0.2, 0.25) is 0 Å². The number of rotatable bonds is 3. The van der Waals surface area contributed by atoms with Gasteiger partial charge in [-0.25, -0.2) is 4.98 Å². The summed E-state index contributed by atoms with van der Waals surface area (Å²) in [5.41, 5.74) is 8.30. The summed E-state index contributed by atoms with van der Waals surface area (Å²) >= 11 is 1.86. The zero-order valence-corrected chi connectivity index (χ0v) is 10.3. The molecule has 0 spiro atoms. The summed E-state index contributed by atoms with van der Waals surface area (Å²) < 4.78 is 1.32. The van der Waals surface area contributed by atoms with Crippen molar-refractivity contribution in [3.63, 3.8) is 0 Å². The molecule has 2 N–H and O–H groups in total. The van der Waals surface area contributed by atoms with E-state index < -0.39 is 0 Å². The van der Waals surface area contributed by atoms with E-state index in [9.17, 15) is 0 Å². The number of nitrogens with two attached hydrogens (primary N) is 1. The third-order valence-corrected chi connectivity index (χ3v) is 4.13. The lowest BCUT2D eigenvalue weighted by atomic mass is 10.1. The Balaban J connectivity index is 1.96. The van der Waals surface area contributed by atoms with Crippen LogP contribution >= 0.6 is 11.3 Å². The summed E-state index contributed by atoms with van der Waals surface area (Å²) in [5.74, 6) is 0.759. The summed E-state index contributed by atoms with van der Waals surface area (Å²) in [6.07, 6.45) is 3.60. The van der Waals surface area contributed by atoms with Crippen molar-refractivity contribution in [3.05, 3.63) is 28.8 Å². The quantitative estimate of drug-likeness (QED) is 0.883. The van der Waals surface area contributed by atoms with E-state index in [1.54, 1.807) is 0 Å². The molecule has 1 aromatic carbocycles. The molecule has 1 unspecified atom stereocenters. The summed E-state index contributed by atoms with van der Waals surface area (Å²) in [4.78, 5) is 4.68. The van der Waals surface area contributed by atoms with Crippen LogP contribution in [-0.2, 0) is 6.42 Å². The van der Waals surface area contributed by atoms with Crippen molar-refractivity contribution < 1.29 is 0 Å². The molecule has 1 saturated carbocycles. The second-order valence-corrected chi connectivity index (χ2v) is 5.87. The molecule has 84 valence electrons. The summed E-state index contributed by atoms with van der Waals surface area (Å²) in [5, 5.41) is 1.33. The van der Waals surface area contributed by atoms with Crippen LogP contribution in [0.4, 0.5) is 0 Å². The maximum absolute atomic E-state index is 5.82. The summed E-state index contributed by atoms with van der Waals surface area (Å²) in [6, 6.07) is 6.77. The predicted octanol–water partition coefficient (Wildman–Crippen LogP) is 3.06. The maximum atomic E-state index is 5.82. The molecule has 1 aliphatic carbocycles. The van der Waals surface area contributed by atoms with Crippen LogP contribution in [0.1, 0.15) is 36.3 Å². The van der Waals surface area contributed by atoms with Gasteiger partial charge in [0, 0.05) is 12.0 Å². The van der Waals surface area contributed by atoms with Crippen molar-refractivity contribution in [1.82, 2.24) is 4.98 Å². The van der Waals surface area contributed by atoms with Crippen LogP contribution in [0.5, 0.6) is 0 Å². The molecular weight excluding hydrogens is 216 g/mol. The Labute approximate surface area is 99.5 Å². The molecule has 16 heavy (non-hydrogen) atoms. The zero-order valence-electron chi connectivity index (χ0n) is 9.44. The molecule has 0 bridgehead atoms. The average molecular weight is 232 g/mol. The van der Waals surface area contributed by atoms with E-state index in [2.05, 4.69) is 23.2 Å². The number of benzene rings is 1. The van der Waals surface area contributed by atoms with Crippen LogP contribution in [0, 0.1) is 0 Å². The molecule has 3 rings (SSSR count). The molecule has 1 aliphatic rings. The first-order valence-electron chi connectivity index (χ1n) is 5.87. The lowest BCUT2D eigenvalue weighted by molar-refractivity contribution is 0.739. The molecule has 1 aromatic heterocycles. The fourth-order valence-corrected chi connectivity index (χ4v) is 3.19. The third kappa shape index (κ3) is 1.97. The minimum Gasteiger partial charge on any atom is -0.328 e. The first kappa shape index (κ1) is 10.2. The average Bonchev–Trinajstić information content (AvgIpc) is 2.98. The van der Waals surface area contributed by atoms with Crippen molar-refractivity contribution in [3.8, 4) is 0 Å². The number of aromatic nitrogens is 1. The van der Waals surface area contributed by atoms with Crippen molar-refractivity contribution in [2.24, 2.45) is 5.73 Å². The number of fused-ring (bicyclic) bond motifs is 1. The Hall–Kier alpha value is -0.930. The SMILES string of the molecule is CC(N)Cc1ccc2nc(C3CC3)sc2c1. The number of hydrogen-bond acceptors (Lipinski definition) is 3. The minimum atomic E-state index is 0.230. The van der Waals surface area contributed by atoms with Gasteiger partial charge in [0.1, 0.15) is 0 Å². The van der Waals surface area contributed by atoms with Crippen LogP contribution in [0.25, 0.3) is 10.2 Å². The number of nitrogens with zero attached hydrogens (tertiary/aromatic N) is 1. The molecule has 0 radical (unpaired) electrons. The van der Waals surface area contributed by atoms with Gasteiger partial charge in [0.05, 0.1) is 15.2 Å². The molecule has 3 heteroatoms. The normalized spacial score (nSPS) is 17.9. The van der Waals surface area contributed by atoms with E-state index in [1.165, 1.54) is 28.1 Å². The highest BCUT2D eigenvalue weighted by Gasteiger charge is 2.26. The Kier molecular flexibility index (Phi) is 2.45. The summed E-state index contributed by atoms with van der Waals surface area (Å²) in [6.45, 7) is 2.05. The van der Waals surface area contributed by atoms with Crippen LogP contribution < -0.4 is 5.73 Å². The first-order chi connectivity index (χ1) is 7.72. The highest BCUT2D eigenvalue weighted by molar-refractivity contribution is 7.18. The Morgan fingerprint density at radius 3 is 3.00 bits per heavy atom. The second kappa shape index (κ2) is 3.82. The predicted molar refractivity (Wildman–Crippen MR) is 68.9 cm³/mol. The van der Waals surface area contributed by atoms with Gasteiger partial charge in [-0.05, 0) is 43.9 Å². The van der Waals surface area contributed by atoms with Crippen molar-refractivity contribution in [2.75, 3.05) is 0 Å². The van der Waals surface area contributed by atoms with Crippen LogP contribution in [0.2, 0.25) is 0 Å². The largest absolute Gasteiger partial charge is 0.328 e. The van der Waals surface area contributed by atoms with Crippen molar-refractivity contribution in [1.29, 1.82) is 0 Å². The Morgan fingerprint density at radius 1 is 1.50 bits per heavy atom. The van der Waals surface area contributed by atoms with Gasteiger partial charge in [-0.15, -0.1) is 11.3 Å². The second-order valence-electron chi connectivity index (χ2n) is 4.81. The van der Waals surface area contributed by atoms with Gasteiger partial charge in [-0.3, -0.25) is 0 Å². The van der Waals surface area contributed by atoms with Gasteiger partial charge in [0.15, 0.2) is 0 Å². The van der Waals surface area contributed by atoms with E-state index in [1.807, 2.05) is 18.3 Å². The van der Waals surface area contributed by atoms with Gasteiger partial charge in [-0.1, -0.05) is 6.07 Å². The van der Waals surface area contributed by atoms with E-state index in [0.29, 0.717) is 0 Å². The van der Waals surface area contributed by atoms with Crippen LogP contribution in [0.15, 0.2) is 18.2 Å². The molecule has 0 aliphatic heterocycles. The minimum absolute atomic E-state index is 0.230. The van der Waals surface area contributed by atoms with Gasteiger partial charge >= 0.3 is 0 Å². The molecule has 2 nitrogen and oxygen atoms in total.